The third kappa shape index (κ3) is 16.5. The number of carbonyl (C=O) groups excluding carboxylic acids is 2. The van der Waals surface area contributed by atoms with Gasteiger partial charge in [-0.05, 0) is 40.0 Å². The Morgan fingerprint density at radius 3 is 2.05 bits per heavy atom. The molecule has 6 nitrogen and oxygen atoms in total. The van der Waals surface area contributed by atoms with E-state index in [2.05, 4.69) is 29.4 Å². The minimum atomic E-state index is -0.461. The molecule has 1 heterocycles. The van der Waals surface area contributed by atoms with Gasteiger partial charge in [-0.15, -0.1) is 11.3 Å². The highest BCUT2D eigenvalue weighted by molar-refractivity contribution is 7.11. The van der Waals surface area contributed by atoms with Gasteiger partial charge in [0.25, 0.3) is 5.91 Å². The van der Waals surface area contributed by atoms with Crippen LogP contribution in [0.2, 0.25) is 0 Å². The molecule has 4 N–H and O–H groups in total. The third-order valence-electron chi connectivity index (χ3n) is 1.94. The lowest BCUT2D eigenvalue weighted by Gasteiger charge is -2.08. The zero-order valence-corrected chi connectivity index (χ0v) is 14.4. The van der Waals surface area contributed by atoms with E-state index in [1.807, 2.05) is 33.8 Å². The summed E-state index contributed by atoms with van der Waals surface area (Å²) in [7, 11) is 1.50. The summed E-state index contributed by atoms with van der Waals surface area (Å²) in [6.07, 6.45) is 2.57. The largest absolute Gasteiger partial charge is 0.333 e. The molecule has 0 radical (unpaired) electrons. The molecular weight excluding hydrogens is 288 g/mol. The number of amides is 1. The lowest BCUT2D eigenvalue weighted by molar-refractivity contribution is -0.119. The number of carbonyl (C=O) groups is 2. The average Bonchev–Trinajstić information content (AvgIpc) is 2.85. The van der Waals surface area contributed by atoms with Gasteiger partial charge in [-0.1, -0.05) is 13.8 Å². The molecule has 122 valence electrons. The number of hydrogen-bond acceptors (Lipinski definition) is 6. The van der Waals surface area contributed by atoms with Gasteiger partial charge in [0.1, 0.15) is 6.79 Å². The van der Waals surface area contributed by atoms with E-state index in [9.17, 15) is 4.79 Å². The van der Waals surface area contributed by atoms with E-state index in [1.54, 1.807) is 11.3 Å². The number of rotatable bonds is 3. The van der Waals surface area contributed by atoms with Gasteiger partial charge in [-0.25, -0.2) is 9.98 Å². The van der Waals surface area contributed by atoms with Crippen LogP contribution in [0.25, 0.3) is 0 Å². The summed E-state index contributed by atoms with van der Waals surface area (Å²) in [4.78, 5) is 27.2. The van der Waals surface area contributed by atoms with Crippen LogP contribution >= 0.6 is 11.3 Å². The number of aromatic nitrogens is 1. The molecule has 1 aromatic heterocycles. The summed E-state index contributed by atoms with van der Waals surface area (Å²) in [6, 6.07) is -0.461. The fraction of sp³-hybridized carbons (Fsp3) is 0.571. The first-order valence-corrected chi connectivity index (χ1v) is 7.20. The summed E-state index contributed by atoms with van der Waals surface area (Å²) in [6.45, 7) is 13.2. The van der Waals surface area contributed by atoms with Crippen LogP contribution in [0.5, 0.6) is 0 Å². The van der Waals surface area contributed by atoms with Gasteiger partial charge in [0.15, 0.2) is 0 Å². The smallest absolute Gasteiger partial charge is 0.261 e. The van der Waals surface area contributed by atoms with Crippen LogP contribution in [0, 0.1) is 19.8 Å². The zero-order chi connectivity index (χ0) is 17.4. The van der Waals surface area contributed by atoms with Gasteiger partial charge < -0.3 is 16.3 Å². The number of hydrogen-bond donors (Lipinski definition) is 2. The fourth-order valence-corrected chi connectivity index (χ4v) is 1.87. The van der Waals surface area contributed by atoms with E-state index in [0.29, 0.717) is 12.3 Å². The molecule has 1 rings (SSSR count). The Morgan fingerprint density at radius 2 is 1.86 bits per heavy atom. The second-order valence-corrected chi connectivity index (χ2v) is 5.66. The molecule has 0 aliphatic carbocycles. The number of thiazole rings is 1. The van der Waals surface area contributed by atoms with Crippen LogP contribution in [0.15, 0.2) is 11.2 Å². The lowest BCUT2D eigenvalue weighted by atomic mass is 10.0. The van der Waals surface area contributed by atoms with Gasteiger partial charge in [0.05, 0.1) is 11.0 Å². The molecule has 0 aromatic carbocycles. The maximum atomic E-state index is 10.7. The molecular formula is C14H28N4O2S. The molecule has 0 aliphatic heterocycles. The van der Waals surface area contributed by atoms with E-state index >= 15 is 0 Å². The fourth-order valence-electron chi connectivity index (χ4n) is 1.19. The van der Waals surface area contributed by atoms with Crippen LogP contribution in [0.1, 0.15) is 30.2 Å². The molecule has 0 saturated heterocycles. The van der Waals surface area contributed by atoms with Crippen molar-refractivity contribution < 1.29 is 9.59 Å². The Hall–Kier alpha value is -1.44. The van der Waals surface area contributed by atoms with Crippen molar-refractivity contribution in [3.63, 3.8) is 0 Å². The van der Waals surface area contributed by atoms with E-state index in [1.165, 1.54) is 11.9 Å². The summed E-state index contributed by atoms with van der Waals surface area (Å²) in [5.74, 6) is 0.120. The number of aliphatic imine (C=N–C) groups is 1. The first kappa shape index (κ1) is 24.6. The molecule has 0 fully saturated rings. The average molecular weight is 316 g/mol. The third-order valence-corrected chi connectivity index (χ3v) is 2.76. The van der Waals surface area contributed by atoms with E-state index in [4.69, 9.17) is 10.5 Å². The highest BCUT2D eigenvalue weighted by Crippen LogP contribution is 2.07. The van der Waals surface area contributed by atoms with Crippen molar-refractivity contribution in [2.24, 2.45) is 22.4 Å². The summed E-state index contributed by atoms with van der Waals surface area (Å²) in [5, 5.41) is 1.15. The highest BCUT2D eigenvalue weighted by atomic mass is 32.1. The Bertz CT molecular complexity index is 364. The Labute approximate surface area is 131 Å². The first-order chi connectivity index (χ1) is 9.86. The monoisotopic (exact) mass is 316 g/mol. The minimum Gasteiger partial charge on any atom is -0.333 e. The van der Waals surface area contributed by atoms with Crippen molar-refractivity contribution >= 4 is 30.8 Å². The molecule has 1 unspecified atom stereocenters. The van der Waals surface area contributed by atoms with Crippen LogP contribution in [-0.4, -0.2) is 37.5 Å². The zero-order valence-electron chi connectivity index (χ0n) is 13.6. The molecule has 1 aromatic rings. The molecule has 0 spiro atoms. The van der Waals surface area contributed by atoms with E-state index < -0.39 is 6.04 Å². The van der Waals surface area contributed by atoms with Gasteiger partial charge in [0, 0.05) is 11.1 Å². The van der Waals surface area contributed by atoms with Gasteiger partial charge in [-0.3, -0.25) is 4.79 Å². The maximum Gasteiger partial charge on any atom is 0.261 e. The summed E-state index contributed by atoms with van der Waals surface area (Å²) >= 11 is 1.73. The predicted octanol–water partition coefficient (Wildman–Crippen LogP) is 1.74. The Kier molecular flexibility index (Phi) is 19.4. The van der Waals surface area contributed by atoms with Crippen molar-refractivity contribution in [3.8, 4) is 0 Å². The van der Waals surface area contributed by atoms with Gasteiger partial charge in [-0.2, -0.15) is 0 Å². The minimum absolute atomic E-state index is 0.311. The normalized spacial score (nSPS) is 9.90. The van der Waals surface area contributed by atoms with Crippen LogP contribution < -0.4 is 11.5 Å². The molecule has 1 amide bonds. The lowest BCUT2D eigenvalue weighted by Crippen LogP contribution is -2.30. The van der Waals surface area contributed by atoms with Crippen molar-refractivity contribution in [1.82, 2.24) is 4.98 Å². The predicted molar refractivity (Wildman–Crippen MR) is 90.8 cm³/mol. The van der Waals surface area contributed by atoms with Crippen molar-refractivity contribution in [3.05, 3.63) is 16.1 Å². The van der Waals surface area contributed by atoms with Crippen molar-refractivity contribution in [1.29, 1.82) is 0 Å². The number of nitrogens with two attached hydrogens (primary N) is 2. The highest BCUT2D eigenvalue weighted by Gasteiger charge is 2.12. The summed E-state index contributed by atoms with van der Waals surface area (Å²) < 4.78 is 0. The molecule has 1 atom stereocenters. The summed E-state index contributed by atoms with van der Waals surface area (Å²) in [5.41, 5.74) is 9.95. The topological polar surface area (TPSA) is 111 Å². The van der Waals surface area contributed by atoms with Crippen LogP contribution in [0.4, 0.5) is 0 Å². The molecule has 21 heavy (non-hydrogen) atoms. The molecule has 7 heteroatoms. The molecule has 0 aliphatic rings. The van der Waals surface area contributed by atoms with Crippen molar-refractivity contribution in [2.45, 2.75) is 40.2 Å². The Balaban J connectivity index is -0.000000256. The standard InChI is InChI=1S/C7H14N2O.C5H7NS.CH5N.CH2O/c1-5(2)4-6(8)7(10)9-3;1-4-3-6-5(2)7-4;2*1-2/h5-6H,3-4,8H2,1-2H3;3H,1-2H3;2H2,1H3;1H2. The van der Waals surface area contributed by atoms with Crippen LogP contribution in [-0.2, 0) is 9.59 Å². The van der Waals surface area contributed by atoms with Crippen LogP contribution in [0.3, 0.4) is 0 Å². The van der Waals surface area contributed by atoms with E-state index in [-0.39, 0.29) is 5.91 Å². The van der Waals surface area contributed by atoms with Gasteiger partial charge in [0.2, 0.25) is 0 Å². The van der Waals surface area contributed by atoms with E-state index in [0.717, 1.165) is 5.01 Å². The molecule has 0 bridgehead atoms. The number of aryl methyl sites for hydroxylation is 2. The van der Waals surface area contributed by atoms with Gasteiger partial charge >= 0.3 is 0 Å². The quantitative estimate of drug-likeness (QED) is 0.825. The maximum absolute atomic E-state index is 10.7. The first-order valence-electron chi connectivity index (χ1n) is 6.38. The molecule has 0 saturated carbocycles. The second-order valence-electron chi connectivity index (χ2n) is 4.22. The number of nitrogens with zero attached hydrogens (tertiary/aromatic N) is 2. The van der Waals surface area contributed by atoms with Crippen molar-refractivity contribution in [2.75, 3.05) is 7.05 Å². The Morgan fingerprint density at radius 1 is 1.38 bits per heavy atom. The SMILES string of the molecule is C=NC(=O)C(N)CC(C)C.C=O.CN.Cc1cnc(C)s1. The second kappa shape index (κ2) is 16.6.